The van der Waals surface area contributed by atoms with Crippen LogP contribution in [0.25, 0.3) is 0 Å². The lowest BCUT2D eigenvalue weighted by Crippen LogP contribution is -2.26. The minimum atomic E-state index is -0.893. The van der Waals surface area contributed by atoms with E-state index in [1.165, 1.54) is 0 Å². The second kappa shape index (κ2) is 7.56. The van der Waals surface area contributed by atoms with E-state index in [1.807, 2.05) is 6.92 Å². The highest BCUT2D eigenvalue weighted by atomic mass is 19.1. The van der Waals surface area contributed by atoms with Gasteiger partial charge in [0.15, 0.2) is 5.83 Å². The molecule has 1 N–H and O–H groups in total. The molecule has 96 valence electrons. The molecule has 0 saturated carbocycles. The average Bonchev–Trinajstić information content (AvgIpc) is 2.25. The van der Waals surface area contributed by atoms with E-state index in [0.717, 1.165) is 6.54 Å². The number of nitrogens with one attached hydrogen (secondary N) is 1. The first-order valence-electron chi connectivity index (χ1n) is 5.15. The minimum absolute atomic E-state index is 0.238. The van der Waals surface area contributed by atoms with Gasteiger partial charge in [-0.3, -0.25) is 10.1 Å². The molecule has 0 heterocycles. The first-order valence-corrected chi connectivity index (χ1v) is 5.15. The van der Waals surface area contributed by atoms with Gasteiger partial charge in [0, 0.05) is 6.54 Å². The van der Waals surface area contributed by atoms with Crippen molar-refractivity contribution in [3.63, 3.8) is 0 Å². The Morgan fingerprint density at radius 3 is 2.71 bits per heavy atom. The van der Waals surface area contributed by atoms with Crippen LogP contribution in [-0.2, 0) is 4.74 Å². The second-order valence-corrected chi connectivity index (χ2v) is 3.40. The Morgan fingerprint density at radius 1 is 1.65 bits per heavy atom. The summed E-state index contributed by atoms with van der Waals surface area (Å²) < 4.78 is 18.5. The van der Waals surface area contributed by atoms with Gasteiger partial charge in [0.2, 0.25) is 0 Å². The van der Waals surface area contributed by atoms with Gasteiger partial charge in [0.05, 0.1) is 11.0 Å². The quantitative estimate of drug-likeness (QED) is 0.307. The van der Waals surface area contributed by atoms with E-state index in [4.69, 9.17) is 4.74 Å². The molecule has 0 aliphatic carbocycles. The van der Waals surface area contributed by atoms with E-state index < -0.39 is 16.4 Å². The van der Waals surface area contributed by atoms with Crippen molar-refractivity contribution in [3.05, 3.63) is 46.6 Å². The van der Waals surface area contributed by atoms with E-state index in [-0.39, 0.29) is 11.9 Å². The van der Waals surface area contributed by atoms with E-state index >= 15 is 0 Å². The molecule has 0 aromatic carbocycles. The van der Waals surface area contributed by atoms with Gasteiger partial charge in [-0.15, -0.1) is 0 Å². The summed E-state index contributed by atoms with van der Waals surface area (Å²) in [6.07, 6.45) is 0.410. The summed E-state index contributed by atoms with van der Waals surface area (Å²) in [5.41, 5.74) is -0.549. The predicted octanol–water partition coefficient (Wildman–Crippen LogP) is 2.16. The molecule has 1 unspecified atom stereocenters. The first-order chi connectivity index (χ1) is 7.88. The summed E-state index contributed by atoms with van der Waals surface area (Å²) in [6.45, 7) is 11.4. The van der Waals surface area contributed by atoms with Gasteiger partial charge in [-0.25, -0.2) is 4.39 Å². The highest BCUT2D eigenvalue weighted by Gasteiger charge is 2.12. The van der Waals surface area contributed by atoms with Crippen molar-refractivity contribution >= 4 is 0 Å². The fraction of sp³-hybridized carbons (Fsp3) is 0.455. The second-order valence-electron chi connectivity index (χ2n) is 3.40. The topological polar surface area (TPSA) is 64.4 Å². The molecular formula is C11H17FN2O3. The van der Waals surface area contributed by atoms with Crippen molar-refractivity contribution < 1.29 is 14.1 Å². The Bertz CT molecular complexity index is 340. The van der Waals surface area contributed by atoms with Gasteiger partial charge in [-0.05, 0) is 20.0 Å². The molecule has 5 nitrogen and oxygen atoms in total. The number of rotatable bonds is 8. The smallest absolute Gasteiger partial charge is 0.265 e. The van der Waals surface area contributed by atoms with Gasteiger partial charge in [-0.1, -0.05) is 13.5 Å². The SMILES string of the molecule is C=C(OC(C)CNCC)/C(F)=C\C(=C)[N+](=O)[O-]. The van der Waals surface area contributed by atoms with Crippen LogP contribution in [0, 0.1) is 10.1 Å². The zero-order valence-electron chi connectivity index (χ0n) is 10.0. The van der Waals surface area contributed by atoms with Crippen LogP contribution in [0.1, 0.15) is 13.8 Å². The maximum atomic E-state index is 13.3. The van der Waals surface area contributed by atoms with Crippen LogP contribution >= 0.6 is 0 Å². The third-order valence-electron chi connectivity index (χ3n) is 1.82. The van der Waals surface area contributed by atoms with Crippen molar-refractivity contribution in [2.75, 3.05) is 13.1 Å². The fourth-order valence-electron chi connectivity index (χ4n) is 0.968. The predicted molar refractivity (Wildman–Crippen MR) is 63.6 cm³/mol. The van der Waals surface area contributed by atoms with Crippen molar-refractivity contribution in [2.24, 2.45) is 0 Å². The van der Waals surface area contributed by atoms with Gasteiger partial charge in [-0.2, -0.15) is 0 Å². The molecule has 17 heavy (non-hydrogen) atoms. The van der Waals surface area contributed by atoms with Gasteiger partial charge < -0.3 is 10.1 Å². The molecule has 0 saturated heterocycles. The number of likely N-dealkylation sites (N-methyl/N-ethyl adjacent to an activating group) is 1. The Labute approximate surface area is 99.8 Å². The molecule has 0 radical (unpaired) electrons. The molecule has 0 rings (SSSR count). The lowest BCUT2D eigenvalue weighted by atomic mass is 10.3. The van der Waals surface area contributed by atoms with Crippen LogP contribution < -0.4 is 5.32 Å². The lowest BCUT2D eigenvalue weighted by Gasteiger charge is -2.15. The highest BCUT2D eigenvalue weighted by Crippen LogP contribution is 2.15. The molecule has 0 aliphatic rings. The number of allylic oxidation sites excluding steroid dienone is 2. The standard InChI is InChI=1S/C11H17FN2O3/c1-5-13-7-9(3)17-10(4)11(12)6-8(2)14(15)16/h6,9,13H,2,4-5,7H2,1,3H3/b11-6+. The summed E-state index contributed by atoms with van der Waals surface area (Å²) in [7, 11) is 0. The largest absolute Gasteiger partial charge is 0.487 e. The molecule has 0 bridgehead atoms. The Balaban J connectivity index is 4.31. The summed E-state index contributed by atoms with van der Waals surface area (Å²) in [6, 6.07) is 0. The monoisotopic (exact) mass is 244 g/mol. The number of halogens is 1. The van der Waals surface area contributed by atoms with Crippen LogP contribution in [-0.4, -0.2) is 24.1 Å². The van der Waals surface area contributed by atoms with Crippen molar-refractivity contribution in [1.82, 2.24) is 5.32 Å². The highest BCUT2D eigenvalue weighted by molar-refractivity contribution is 5.23. The van der Waals surface area contributed by atoms with Gasteiger partial charge in [0.25, 0.3) is 5.70 Å². The molecule has 0 aromatic heterocycles. The molecule has 1 atom stereocenters. The number of nitro groups is 1. The Morgan fingerprint density at radius 2 is 2.24 bits per heavy atom. The van der Waals surface area contributed by atoms with Gasteiger partial charge in [0.1, 0.15) is 11.9 Å². The number of nitrogens with zero attached hydrogens (tertiary/aromatic N) is 1. The van der Waals surface area contributed by atoms with E-state index in [1.54, 1.807) is 6.92 Å². The number of ether oxygens (including phenoxy) is 1. The zero-order chi connectivity index (χ0) is 13.4. The van der Waals surface area contributed by atoms with Crippen molar-refractivity contribution in [1.29, 1.82) is 0 Å². The molecule has 0 fully saturated rings. The van der Waals surface area contributed by atoms with Crippen molar-refractivity contribution in [2.45, 2.75) is 20.0 Å². The third kappa shape index (κ3) is 6.47. The third-order valence-corrected chi connectivity index (χ3v) is 1.82. The maximum Gasteiger partial charge on any atom is 0.265 e. The first kappa shape index (κ1) is 15.3. The van der Waals surface area contributed by atoms with Crippen molar-refractivity contribution in [3.8, 4) is 0 Å². The Kier molecular flexibility index (Phi) is 6.81. The van der Waals surface area contributed by atoms with Gasteiger partial charge >= 0.3 is 0 Å². The zero-order valence-corrected chi connectivity index (χ0v) is 10.0. The Hall–Kier alpha value is -1.69. The normalized spacial score (nSPS) is 13.0. The van der Waals surface area contributed by atoms with Crippen LogP contribution in [0.4, 0.5) is 4.39 Å². The maximum absolute atomic E-state index is 13.3. The average molecular weight is 244 g/mol. The number of hydrogen-bond acceptors (Lipinski definition) is 4. The minimum Gasteiger partial charge on any atom is -0.487 e. The van der Waals surface area contributed by atoms with Crippen LogP contribution in [0.5, 0.6) is 0 Å². The molecule has 0 aliphatic heterocycles. The van der Waals surface area contributed by atoms with Crippen LogP contribution in [0.3, 0.4) is 0 Å². The fourth-order valence-corrected chi connectivity index (χ4v) is 0.968. The van der Waals surface area contributed by atoms with Crippen LogP contribution in [0.2, 0.25) is 0 Å². The van der Waals surface area contributed by atoms with Crippen LogP contribution in [0.15, 0.2) is 36.5 Å². The molecular weight excluding hydrogens is 227 g/mol. The van der Waals surface area contributed by atoms with E-state index in [2.05, 4.69) is 18.5 Å². The summed E-state index contributed by atoms with van der Waals surface area (Å²) in [4.78, 5) is 9.45. The molecule has 0 amide bonds. The van der Waals surface area contributed by atoms with E-state index in [0.29, 0.717) is 12.6 Å². The number of hydrogen-bond donors (Lipinski definition) is 1. The van der Waals surface area contributed by atoms with E-state index in [9.17, 15) is 14.5 Å². The molecule has 0 spiro atoms. The molecule has 6 heteroatoms. The summed E-state index contributed by atoms with van der Waals surface area (Å²) >= 11 is 0. The summed E-state index contributed by atoms with van der Waals surface area (Å²) in [5.74, 6) is -1.13. The summed E-state index contributed by atoms with van der Waals surface area (Å²) in [5, 5.41) is 13.3. The lowest BCUT2D eigenvalue weighted by molar-refractivity contribution is -0.418. The molecule has 0 aromatic rings.